The molecule has 0 fully saturated rings. The molecule has 0 bridgehead atoms. The molecule has 6 heteroatoms. The summed E-state index contributed by atoms with van der Waals surface area (Å²) in [6, 6.07) is 4.18. The van der Waals surface area contributed by atoms with Crippen LogP contribution in [0.2, 0.25) is 0 Å². The second-order valence-electron chi connectivity index (χ2n) is 4.22. The Bertz CT molecular complexity index is 500. The lowest BCUT2D eigenvalue weighted by molar-refractivity contribution is -0.138. The Hall–Kier alpha value is -2.08. The van der Waals surface area contributed by atoms with Crippen LogP contribution in [-0.4, -0.2) is 42.7 Å². The number of aliphatic carboxylic acids is 1. The zero-order valence-electron chi connectivity index (χ0n) is 10.5. The summed E-state index contributed by atoms with van der Waals surface area (Å²) in [6.07, 6.45) is 0. The van der Waals surface area contributed by atoms with Gasteiger partial charge in [-0.2, -0.15) is 0 Å². The number of ketones is 1. The van der Waals surface area contributed by atoms with Gasteiger partial charge in [-0.3, -0.25) is 14.9 Å². The van der Waals surface area contributed by atoms with E-state index in [1.165, 1.54) is 6.92 Å². The van der Waals surface area contributed by atoms with E-state index in [-0.39, 0.29) is 12.3 Å². The van der Waals surface area contributed by atoms with E-state index in [0.717, 1.165) is 0 Å². The number of benzene rings is 1. The maximum atomic E-state index is 11.9. The number of carbonyl (C=O) groups excluding carboxylic acids is 1. The smallest absolute Gasteiger partial charge is 0.320 e. The third-order valence-electron chi connectivity index (χ3n) is 2.80. The first-order valence-corrected chi connectivity index (χ1v) is 5.97. The molecule has 0 amide bonds. The topological polar surface area (TPSA) is 84.9 Å². The number of Topliss-reactive ketones (excluding diaryl/α,β-unsaturated/α-hetero) is 1. The van der Waals surface area contributed by atoms with Gasteiger partial charge in [0.25, 0.3) is 0 Å². The minimum Gasteiger partial charge on any atom is -0.486 e. The van der Waals surface area contributed by atoms with Crippen molar-refractivity contribution < 1.29 is 24.2 Å². The molecule has 1 unspecified atom stereocenters. The van der Waals surface area contributed by atoms with E-state index in [4.69, 9.17) is 14.6 Å². The zero-order chi connectivity index (χ0) is 13.8. The number of nitrogens with one attached hydrogen (secondary N) is 1. The van der Waals surface area contributed by atoms with Crippen molar-refractivity contribution in [3.05, 3.63) is 23.8 Å². The number of carboxylic acid groups (broad SMARTS) is 1. The zero-order valence-corrected chi connectivity index (χ0v) is 10.5. The molecule has 2 N–H and O–H groups in total. The van der Waals surface area contributed by atoms with Crippen molar-refractivity contribution in [2.75, 3.05) is 19.8 Å². The summed E-state index contributed by atoms with van der Waals surface area (Å²) >= 11 is 0. The number of hydrogen-bond acceptors (Lipinski definition) is 5. The monoisotopic (exact) mass is 265 g/mol. The van der Waals surface area contributed by atoms with Crippen molar-refractivity contribution in [1.29, 1.82) is 0 Å². The number of carbonyl (C=O) groups is 2. The molecule has 6 nitrogen and oxygen atoms in total. The fourth-order valence-corrected chi connectivity index (χ4v) is 1.65. The normalized spacial score (nSPS) is 14.8. The van der Waals surface area contributed by atoms with Crippen LogP contribution in [0.25, 0.3) is 0 Å². The van der Waals surface area contributed by atoms with Crippen LogP contribution in [0.4, 0.5) is 0 Å². The lowest BCUT2D eigenvalue weighted by Crippen LogP contribution is -2.37. The van der Waals surface area contributed by atoms with Gasteiger partial charge in [0.05, 0.1) is 6.54 Å². The Morgan fingerprint density at radius 1 is 1.32 bits per heavy atom. The van der Waals surface area contributed by atoms with Crippen molar-refractivity contribution in [2.24, 2.45) is 0 Å². The molecule has 1 aliphatic rings. The van der Waals surface area contributed by atoms with Crippen LogP contribution < -0.4 is 14.8 Å². The fourth-order valence-electron chi connectivity index (χ4n) is 1.65. The number of rotatable bonds is 5. The van der Waals surface area contributed by atoms with Gasteiger partial charge < -0.3 is 14.6 Å². The van der Waals surface area contributed by atoms with Gasteiger partial charge in [0.2, 0.25) is 0 Å². The highest BCUT2D eigenvalue weighted by atomic mass is 16.6. The van der Waals surface area contributed by atoms with Crippen molar-refractivity contribution in [3.8, 4) is 11.5 Å². The molecule has 0 radical (unpaired) electrons. The van der Waals surface area contributed by atoms with Crippen LogP contribution >= 0.6 is 0 Å². The van der Waals surface area contributed by atoms with Gasteiger partial charge in [0.1, 0.15) is 19.3 Å². The van der Waals surface area contributed by atoms with E-state index < -0.39 is 12.0 Å². The molecule has 19 heavy (non-hydrogen) atoms. The number of ether oxygens (including phenoxy) is 2. The van der Waals surface area contributed by atoms with Crippen LogP contribution in [0.3, 0.4) is 0 Å². The quantitative estimate of drug-likeness (QED) is 0.762. The average molecular weight is 265 g/mol. The Morgan fingerprint density at radius 3 is 2.68 bits per heavy atom. The highest BCUT2D eigenvalue weighted by Crippen LogP contribution is 2.30. The first kappa shape index (κ1) is 13.4. The molecule has 1 atom stereocenters. The highest BCUT2D eigenvalue weighted by Gasteiger charge is 2.16. The Labute approximate surface area is 110 Å². The summed E-state index contributed by atoms with van der Waals surface area (Å²) in [5.41, 5.74) is 0.467. The van der Waals surface area contributed by atoms with Crippen LogP contribution in [-0.2, 0) is 4.79 Å². The first-order valence-electron chi connectivity index (χ1n) is 5.97. The van der Waals surface area contributed by atoms with Crippen LogP contribution in [0.15, 0.2) is 18.2 Å². The SMILES string of the molecule is CC(NCC(=O)c1ccc2c(c1)OCCO2)C(=O)O. The average Bonchev–Trinajstić information content (AvgIpc) is 2.43. The van der Waals surface area contributed by atoms with E-state index in [0.29, 0.717) is 30.3 Å². The maximum absolute atomic E-state index is 11.9. The lowest BCUT2D eigenvalue weighted by atomic mass is 10.1. The molecule has 1 heterocycles. The van der Waals surface area contributed by atoms with E-state index in [1.54, 1.807) is 18.2 Å². The van der Waals surface area contributed by atoms with Crippen molar-refractivity contribution >= 4 is 11.8 Å². The summed E-state index contributed by atoms with van der Waals surface area (Å²) in [5, 5.41) is 11.4. The highest BCUT2D eigenvalue weighted by molar-refractivity contribution is 5.98. The molecule has 0 aromatic heterocycles. The second kappa shape index (κ2) is 5.71. The molecule has 2 rings (SSSR count). The summed E-state index contributed by atoms with van der Waals surface area (Å²) in [4.78, 5) is 22.5. The van der Waals surface area contributed by atoms with E-state index in [2.05, 4.69) is 5.32 Å². The molecule has 0 spiro atoms. The predicted molar refractivity (Wildman–Crippen MR) is 66.9 cm³/mol. The van der Waals surface area contributed by atoms with Crippen LogP contribution in [0.1, 0.15) is 17.3 Å². The van der Waals surface area contributed by atoms with Crippen LogP contribution in [0, 0.1) is 0 Å². The first-order chi connectivity index (χ1) is 9.08. The van der Waals surface area contributed by atoms with Gasteiger partial charge in [-0.25, -0.2) is 0 Å². The fraction of sp³-hybridized carbons (Fsp3) is 0.385. The van der Waals surface area contributed by atoms with E-state index in [9.17, 15) is 9.59 Å². The summed E-state index contributed by atoms with van der Waals surface area (Å²) in [6.45, 7) is 2.41. The Morgan fingerprint density at radius 2 is 2.00 bits per heavy atom. The summed E-state index contributed by atoms with van der Waals surface area (Å²) in [5.74, 6) is -0.0157. The van der Waals surface area contributed by atoms with Gasteiger partial charge in [0.15, 0.2) is 17.3 Å². The van der Waals surface area contributed by atoms with E-state index >= 15 is 0 Å². The minimum absolute atomic E-state index is 0.0346. The Balaban J connectivity index is 2.01. The van der Waals surface area contributed by atoms with Crippen LogP contribution in [0.5, 0.6) is 11.5 Å². The van der Waals surface area contributed by atoms with E-state index in [1.807, 2.05) is 0 Å². The summed E-state index contributed by atoms with van der Waals surface area (Å²) < 4.78 is 10.7. The number of hydrogen-bond donors (Lipinski definition) is 2. The summed E-state index contributed by atoms with van der Waals surface area (Å²) in [7, 11) is 0. The van der Waals surface area contributed by atoms with Crippen molar-refractivity contribution in [2.45, 2.75) is 13.0 Å². The third kappa shape index (κ3) is 3.23. The lowest BCUT2D eigenvalue weighted by Gasteiger charge is -2.18. The maximum Gasteiger partial charge on any atom is 0.320 e. The third-order valence-corrected chi connectivity index (χ3v) is 2.80. The van der Waals surface area contributed by atoms with Crippen molar-refractivity contribution in [3.63, 3.8) is 0 Å². The molecule has 1 aliphatic heterocycles. The molecule has 102 valence electrons. The van der Waals surface area contributed by atoms with Gasteiger partial charge in [-0.05, 0) is 25.1 Å². The number of carboxylic acids is 1. The molecular weight excluding hydrogens is 250 g/mol. The number of fused-ring (bicyclic) bond motifs is 1. The standard InChI is InChI=1S/C13H15NO5/c1-8(13(16)17)14-7-10(15)9-2-3-11-12(6-9)19-5-4-18-11/h2-3,6,8,14H,4-5,7H2,1H3,(H,16,17). The molecule has 1 aromatic rings. The predicted octanol–water partition coefficient (Wildman–Crippen LogP) is 0.703. The molecule has 0 saturated heterocycles. The van der Waals surface area contributed by atoms with Gasteiger partial charge in [-0.15, -0.1) is 0 Å². The molecule has 0 saturated carbocycles. The van der Waals surface area contributed by atoms with Gasteiger partial charge in [0, 0.05) is 5.56 Å². The second-order valence-corrected chi connectivity index (χ2v) is 4.22. The Kier molecular flexibility index (Phi) is 4.01. The van der Waals surface area contributed by atoms with Gasteiger partial charge >= 0.3 is 5.97 Å². The largest absolute Gasteiger partial charge is 0.486 e. The minimum atomic E-state index is -0.991. The molecule has 0 aliphatic carbocycles. The molecular formula is C13H15NO5. The molecule has 1 aromatic carbocycles. The van der Waals surface area contributed by atoms with Gasteiger partial charge in [-0.1, -0.05) is 0 Å². The van der Waals surface area contributed by atoms with Crippen molar-refractivity contribution in [1.82, 2.24) is 5.32 Å².